The molecule has 2 aliphatic rings. The van der Waals surface area contributed by atoms with Crippen molar-refractivity contribution in [1.29, 1.82) is 0 Å². The Bertz CT molecular complexity index is 366. The number of thioether (sulfide) groups is 1. The molecule has 4 nitrogen and oxygen atoms in total. The highest BCUT2D eigenvalue weighted by Gasteiger charge is 2.31. The van der Waals surface area contributed by atoms with Crippen LogP contribution < -0.4 is 10.6 Å². The minimum atomic E-state index is 0. The number of piperidine rings is 1. The zero-order valence-electron chi connectivity index (χ0n) is 15.3. The van der Waals surface area contributed by atoms with Gasteiger partial charge in [0.1, 0.15) is 0 Å². The van der Waals surface area contributed by atoms with E-state index in [1.807, 2.05) is 11.8 Å². The van der Waals surface area contributed by atoms with Crippen LogP contribution in [0.15, 0.2) is 0 Å². The Morgan fingerprint density at radius 3 is 2.75 bits per heavy atom. The number of carbonyl (C=O) groups excluding carboxylic acids is 1. The summed E-state index contributed by atoms with van der Waals surface area (Å²) in [5.41, 5.74) is 0.0538. The van der Waals surface area contributed by atoms with Gasteiger partial charge in [0, 0.05) is 49.1 Å². The maximum atomic E-state index is 12.2. The highest BCUT2D eigenvalue weighted by Crippen LogP contribution is 2.25. The average Bonchev–Trinajstić information content (AvgIpc) is 2.54. The summed E-state index contributed by atoms with van der Waals surface area (Å²) in [6.07, 6.45) is 4.53. The third kappa shape index (κ3) is 7.69. The minimum absolute atomic E-state index is 0. The van der Waals surface area contributed by atoms with Gasteiger partial charge in [-0.25, -0.2) is 0 Å². The van der Waals surface area contributed by atoms with Crippen molar-refractivity contribution in [2.24, 2.45) is 5.92 Å². The summed E-state index contributed by atoms with van der Waals surface area (Å²) < 4.78 is 0. The highest BCUT2D eigenvalue weighted by molar-refractivity contribution is 7.99. The molecule has 0 aromatic carbocycles. The molecule has 2 aliphatic heterocycles. The van der Waals surface area contributed by atoms with Gasteiger partial charge in [-0.15, -0.1) is 24.8 Å². The summed E-state index contributed by atoms with van der Waals surface area (Å²) in [6, 6.07) is 0.348. The number of amides is 1. The van der Waals surface area contributed by atoms with E-state index in [1.165, 1.54) is 38.1 Å². The molecule has 0 bridgehead atoms. The van der Waals surface area contributed by atoms with Crippen molar-refractivity contribution in [2.45, 2.75) is 58.0 Å². The molecule has 144 valence electrons. The van der Waals surface area contributed by atoms with Crippen LogP contribution >= 0.6 is 36.6 Å². The van der Waals surface area contributed by atoms with Crippen LogP contribution in [0, 0.1) is 5.92 Å². The SMILES string of the molecule is CCC1CCCN(C(C)(C)CNC(=O)CC2CSCCN2)C1.Cl.Cl. The first-order valence-corrected chi connectivity index (χ1v) is 9.99. The van der Waals surface area contributed by atoms with Gasteiger partial charge in [-0.3, -0.25) is 9.69 Å². The summed E-state index contributed by atoms with van der Waals surface area (Å²) in [5.74, 6) is 3.24. The van der Waals surface area contributed by atoms with E-state index >= 15 is 0 Å². The van der Waals surface area contributed by atoms with Gasteiger partial charge >= 0.3 is 0 Å². The smallest absolute Gasteiger partial charge is 0.221 e. The molecule has 0 radical (unpaired) electrons. The molecule has 7 heteroatoms. The number of hydrogen-bond donors (Lipinski definition) is 2. The molecule has 24 heavy (non-hydrogen) atoms. The Kier molecular flexibility index (Phi) is 12.0. The lowest BCUT2D eigenvalue weighted by Crippen LogP contribution is -2.55. The van der Waals surface area contributed by atoms with Crippen LogP contribution in [-0.4, -0.2) is 60.1 Å². The molecule has 2 heterocycles. The van der Waals surface area contributed by atoms with Crippen LogP contribution in [0.5, 0.6) is 0 Å². The lowest BCUT2D eigenvalue weighted by atomic mass is 9.91. The Labute approximate surface area is 164 Å². The van der Waals surface area contributed by atoms with E-state index in [9.17, 15) is 4.79 Å². The van der Waals surface area contributed by atoms with Crippen molar-refractivity contribution in [3.63, 3.8) is 0 Å². The van der Waals surface area contributed by atoms with E-state index in [4.69, 9.17) is 0 Å². The van der Waals surface area contributed by atoms with Crippen molar-refractivity contribution < 1.29 is 4.79 Å². The van der Waals surface area contributed by atoms with E-state index in [2.05, 4.69) is 36.3 Å². The molecule has 2 saturated heterocycles. The lowest BCUT2D eigenvalue weighted by Gasteiger charge is -2.43. The van der Waals surface area contributed by atoms with Crippen LogP contribution in [0.2, 0.25) is 0 Å². The number of hydrogen-bond acceptors (Lipinski definition) is 4. The molecule has 2 unspecified atom stereocenters. The normalized spacial score (nSPS) is 25.3. The topological polar surface area (TPSA) is 44.4 Å². The fourth-order valence-corrected chi connectivity index (χ4v) is 4.37. The van der Waals surface area contributed by atoms with Gasteiger partial charge in [0.25, 0.3) is 0 Å². The maximum absolute atomic E-state index is 12.2. The Morgan fingerprint density at radius 2 is 2.12 bits per heavy atom. The van der Waals surface area contributed by atoms with Crippen molar-refractivity contribution >= 4 is 42.5 Å². The van der Waals surface area contributed by atoms with Gasteiger partial charge in [0.15, 0.2) is 0 Å². The Morgan fingerprint density at radius 1 is 1.38 bits per heavy atom. The summed E-state index contributed by atoms with van der Waals surface area (Å²) in [4.78, 5) is 14.8. The van der Waals surface area contributed by atoms with E-state index in [1.54, 1.807) is 0 Å². The fraction of sp³-hybridized carbons (Fsp3) is 0.941. The first kappa shape index (κ1) is 24.3. The summed E-state index contributed by atoms with van der Waals surface area (Å²) in [5, 5.41) is 6.60. The molecule has 2 fully saturated rings. The van der Waals surface area contributed by atoms with Crippen molar-refractivity contribution in [3.8, 4) is 0 Å². The second-order valence-corrected chi connectivity index (χ2v) is 8.53. The van der Waals surface area contributed by atoms with Crippen molar-refractivity contribution in [1.82, 2.24) is 15.5 Å². The molecule has 0 aromatic rings. The van der Waals surface area contributed by atoms with E-state index in [-0.39, 0.29) is 36.3 Å². The third-order valence-corrected chi connectivity index (χ3v) is 6.23. The Balaban J connectivity index is 0.00000264. The zero-order chi connectivity index (χ0) is 16.0. The number of nitrogens with zero attached hydrogens (tertiary/aromatic N) is 1. The maximum Gasteiger partial charge on any atom is 0.221 e. The molecule has 0 aromatic heterocycles. The summed E-state index contributed by atoms with van der Waals surface area (Å²) in [7, 11) is 0. The fourth-order valence-electron chi connectivity index (χ4n) is 3.42. The van der Waals surface area contributed by atoms with E-state index < -0.39 is 0 Å². The van der Waals surface area contributed by atoms with Crippen LogP contribution in [0.4, 0.5) is 0 Å². The van der Waals surface area contributed by atoms with Gasteiger partial charge < -0.3 is 10.6 Å². The first-order valence-electron chi connectivity index (χ1n) is 8.84. The molecule has 2 N–H and O–H groups in total. The average molecular weight is 400 g/mol. The molecule has 0 saturated carbocycles. The van der Waals surface area contributed by atoms with Gasteiger partial charge in [-0.2, -0.15) is 11.8 Å². The lowest BCUT2D eigenvalue weighted by molar-refractivity contribution is -0.122. The molecule has 1 amide bonds. The van der Waals surface area contributed by atoms with Gasteiger partial charge in [0.2, 0.25) is 5.91 Å². The molecular formula is C17H35Cl2N3OS. The standard InChI is InChI=1S/C17H33N3OS.2ClH/c1-4-14-6-5-8-20(11-14)17(2,3)13-19-16(21)10-15-12-22-9-7-18-15;;/h14-15,18H,4-13H2,1-3H3,(H,19,21);2*1H. The van der Waals surface area contributed by atoms with E-state index in [0.717, 1.165) is 24.8 Å². The predicted octanol–water partition coefficient (Wildman–Crippen LogP) is 2.94. The zero-order valence-corrected chi connectivity index (χ0v) is 17.8. The quantitative estimate of drug-likeness (QED) is 0.720. The van der Waals surface area contributed by atoms with E-state index in [0.29, 0.717) is 12.5 Å². The second kappa shape index (κ2) is 11.8. The third-order valence-electron chi connectivity index (χ3n) is 5.10. The number of carbonyl (C=O) groups is 1. The van der Waals surface area contributed by atoms with Crippen molar-refractivity contribution in [3.05, 3.63) is 0 Å². The van der Waals surface area contributed by atoms with Gasteiger partial charge in [-0.05, 0) is 39.2 Å². The van der Waals surface area contributed by atoms with Crippen LogP contribution in [0.1, 0.15) is 46.5 Å². The molecule has 0 aliphatic carbocycles. The summed E-state index contributed by atoms with van der Waals surface area (Å²) in [6.45, 7) is 10.9. The highest BCUT2D eigenvalue weighted by atomic mass is 35.5. The second-order valence-electron chi connectivity index (χ2n) is 7.38. The molecule has 0 spiro atoms. The van der Waals surface area contributed by atoms with Crippen LogP contribution in [-0.2, 0) is 4.79 Å². The molecule has 2 atom stereocenters. The summed E-state index contributed by atoms with van der Waals surface area (Å²) >= 11 is 1.94. The predicted molar refractivity (Wildman–Crippen MR) is 110 cm³/mol. The largest absolute Gasteiger partial charge is 0.354 e. The minimum Gasteiger partial charge on any atom is -0.354 e. The van der Waals surface area contributed by atoms with Crippen LogP contribution in [0.25, 0.3) is 0 Å². The van der Waals surface area contributed by atoms with Crippen LogP contribution in [0.3, 0.4) is 0 Å². The number of halogens is 2. The number of nitrogens with one attached hydrogen (secondary N) is 2. The van der Waals surface area contributed by atoms with Crippen molar-refractivity contribution in [2.75, 3.05) is 37.7 Å². The molecule has 2 rings (SSSR count). The first-order chi connectivity index (χ1) is 10.5. The Hall–Kier alpha value is 0.320. The van der Waals surface area contributed by atoms with Gasteiger partial charge in [0.05, 0.1) is 0 Å². The molecular weight excluding hydrogens is 365 g/mol. The van der Waals surface area contributed by atoms with Gasteiger partial charge in [-0.1, -0.05) is 13.3 Å². The number of likely N-dealkylation sites (tertiary alicyclic amines) is 1. The monoisotopic (exact) mass is 399 g/mol. The number of rotatable bonds is 6.